The molecule has 1 aliphatic rings. The van der Waals surface area contributed by atoms with Gasteiger partial charge in [0.1, 0.15) is 6.61 Å². The van der Waals surface area contributed by atoms with Gasteiger partial charge in [-0.25, -0.2) is 9.59 Å². The topological polar surface area (TPSA) is 76.1 Å². The first-order valence-corrected chi connectivity index (χ1v) is 4.95. The van der Waals surface area contributed by atoms with Crippen molar-refractivity contribution in [2.75, 3.05) is 26.3 Å². The molecule has 0 aliphatic carbocycles. The van der Waals surface area contributed by atoms with E-state index in [0.29, 0.717) is 6.61 Å². The molecule has 0 bridgehead atoms. The summed E-state index contributed by atoms with van der Waals surface area (Å²) < 4.78 is 9.91. The molecule has 0 radical (unpaired) electrons. The van der Waals surface area contributed by atoms with Gasteiger partial charge in [-0.1, -0.05) is 12.7 Å². The summed E-state index contributed by atoms with van der Waals surface area (Å²) >= 11 is 0. The largest absolute Gasteiger partial charge is 0.479 e. The van der Waals surface area contributed by atoms with E-state index in [-0.39, 0.29) is 19.7 Å². The number of nitrogens with zero attached hydrogens (tertiary/aromatic N) is 1. The standard InChI is InChI=1S/C10H15NO5/c1-3-5-15-9(14)11-6-10(7-11,8(12)13)16-4-2/h3H,1,4-7H2,2H3,(H,12,13). The molecule has 0 atom stereocenters. The van der Waals surface area contributed by atoms with E-state index >= 15 is 0 Å². The highest BCUT2D eigenvalue weighted by molar-refractivity contribution is 5.83. The average molecular weight is 229 g/mol. The summed E-state index contributed by atoms with van der Waals surface area (Å²) in [7, 11) is 0. The molecule has 0 spiro atoms. The quantitative estimate of drug-likeness (QED) is 0.694. The van der Waals surface area contributed by atoms with Crippen LogP contribution in [0.4, 0.5) is 4.79 Å². The predicted molar refractivity (Wildman–Crippen MR) is 55.1 cm³/mol. The van der Waals surface area contributed by atoms with Crippen LogP contribution in [0.15, 0.2) is 12.7 Å². The van der Waals surface area contributed by atoms with Crippen LogP contribution in [-0.2, 0) is 14.3 Å². The van der Waals surface area contributed by atoms with E-state index in [0.717, 1.165) is 0 Å². The number of carboxylic acids is 1. The van der Waals surface area contributed by atoms with E-state index in [2.05, 4.69) is 6.58 Å². The Bertz CT molecular complexity index is 296. The fourth-order valence-corrected chi connectivity index (χ4v) is 1.49. The molecular weight excluding hydrogens is 214 g/mol. The highest BCUT2D eigenvalue weighted by Crippen LogP contribution is 2.26. The molecule has 6 heteroatoms. The molecule has 0 unspecified atom stereocenters. The van der Waals surface area contributed by atoms with Crippen molar-refractivity contribution in [2.45, 2.75) is 12.5 Å². The summed E-state index contributed by atoms with van der Waals surface area (Å²) in [4.78, 5) is 23.5. The lowest BCUT2D eigenvalue weighted by Crippen LogP contribution is -2.68. The Balaban J connectivity index is 2.47. The smallest absolute Gasteiger partial charge is 0.410 e. The third-order valence-electron chi connectivity index (χ3n) is 2.29. The SMILES string of the molecule is C=CCOC(=O)N1CC(OCC)(C(=O)O)C1. The van der Waals surface area contributed by atoms with Crippen LogP contribution in [0.3, 0.4) is 0 Å². The number of ether oxygens (including phenoxy) is 2. The lowest BCUT2D eigenvalue weighted by atomic mass is 9.94. The van der Waals surface area contributed by atoms with Crippen molar-refractivity contribution in [3.05, 3.63) is 12.7 Å². The van der Waals surface area contributed by atoms with Gasteiger partial charge in [0, 0.05) is 6.61 Å². The lowest BCUT2D eigenvalue weighted by Gasteiger charge is -2.45. The van der Waals surface area contributed by atoms with E-state index in [9.17, 15) is 9.59 Å². The molecule has 0 aromatic heterocycles. The fraction of sp³-hybridized carbons (Fsp3) is 0.600. The van der Waals surface area contributed by atoms with Crippen molar-refractivity contribution in [3.63, 3.8) is 0 Å². The van der Waals surface area contributed by atoms with E-state index in [1.54, 1.807) is 6.92 Å². The number of hydrogen-bond acceptors (Lipinski definition) is 4. The Kier molecular flexibility index (Phi) is 3.89. The zero-order valence-corrected chi connectivity index (χ0v) is 9.14. The molecule has 1 rings (SSSR count). The normalized spacial score (nSPS) is 17.4. The highest BCUT2D eigenvalue weighted by atomic mass is 16.6. The van der Waals surface area contributed by atoms with Gasteiger partial charge in [0.2, 0.25) is 0 Å². The molecule has 1 amide bonds. The molecule has 1 saturated heterocycles. The molecule has 0 aromatic carbocycles. The first-order chi connectivity index (χ1) is 7.55. The maximum Gasteiger partial charge on any atom is 0.410 e. The van der Waals surface area contributed by atoms with E-state index in [4.69, 9.17) is 14.6 Å². The summed E-state index contributed by atoms with van der Waals surface area (Å²) in [5, 5.41) is 8.97. The number of carboxylic acid groups (broad SMARTS) is 1. The Morgan fingerprint density at radius 2 is 2.19 bits per heavy atom. The number of carbonyl (C=O) groups excluding carboxylic acids is 1. The van der Waals surface area contributed by atoms with E-state index in [1.807, 2.05) is 0 Å². The second kappa shape index (κ2) is 4.98. The molecule has 1 aliphatic heterocycles. The Morgan fingerprint density at radius 1 is 1.56 bits per heavy atom. The van der Waals surface area contributed by atoms with Crippen molar-refractivity contribution in [2.24, 2.45) is 0 Å². The zero-order chi connectivity index (χ0) is 12.2. The van der Waals surface area contributed by atoms with Gasteiger partial charge in [-0.05, 0) is 6.92 Å². The van der Waals surface area contributed by atoms with Crippen molar-refractivity contribution >= 4 is 12.1 Å². The Hall–Kier alpha value is -1.56. The second-order valence-electron chi connectivity index (χ2n) is 3.45. The van der Waals surface area contributed by atoms with Crippen LogP contribution < -0.4 is 0 Å². The molecular formula is C10H15NO5. The number of amides is 1. The third-order valence-corrected chi connectivity index (χ3v) is 2.29. The minimum Gasteiger partial charge on any atom is -0.479 e. The van der Waals surface area contributed by atoms with Gasteiger partial charge in [0.05, 0.1) is 13.1 Å². The summed E-state index contributed by atoms with van der Waals surface area (Å²) in [6.45, 7) is 5.57. The van der Waals surface area contributed by atoms with Crippen molar-refractivity contribution < 1.29 is 24.2 Å². The minimum absolute atomic E-state index is 0.0200. The monoisotopic (exact) mass is 229 g/mol. The van der Waals surface area contributed by atoms with Crippen molar-refractivity contribution in [1.82, 2.24) is 4.90 Å². The molecule has 1 N–H and O–H groups in total. The number of hydrogen-bond donors (Lipinski definition) is 1. The molecule has 16 heavy (non-hydrogen) atoms. The van der Waals surface area contributed by atoms with Crippen LogP contribution in [0.25, 0.3) is 0 Å². The first-order valence-electron chi connectivity index (χ1n) is 4.95. The minimum atomic E-state index is -1.26. The van der Waals surface area contributed by atoms with Gasteiger partial charge in [-0.2, -0.15) is 0 Å². The van der Waals surface area contributed by atoms with Gasteiger partial charge in [-0.15, -0.1) is 0 Å². The number of likely N-dealkylation sites (tertiary alicyclic amines) is 1. The summed E-state index contributed by atoms with van der Waals surface area (Å²) in [6.07, 6.45) is 0.904. The molecule has 1 fully saturated rings. The van der Waals surface area contributed by atoms with Crippen LogP contribution >= 0.6 is 0 Å². The summed E-state index contributed by atoms with van der Waals surface area (Å²) in [5.74, 6) is -1.05. The van der Waals surface area contributed by atoms with E-state index < -0.39 is 17.7 Å². The van der Waals surface area contributed by atoms with E-state index in [1.165, 1.54) is 11.0 Å². The Morgan fingerprint density at radius 3 is 2.62 bits per heavy atom. The van der Waals surface area contributed by atoms with Gasteiger partial charge in [0.15, 0.2) is 5.60 Å². The average Bonchev–Trinajstić information content (AvgIpc) is 2.18. The van der Waals surface area contributed by atoms with Crippen LogP contribution in [0.1, 0.15) is 6.92 Å². The summed E-state index contributed by atoms with van der Waals surface area (Å²) in [5.41, 5.74) is -1.26. The van der Waals surface area contributed by atoms with Crippen molar-refractivity contribution in [1.29, 1.82) is 0 Å². The van der Waals surface area contributed by atoms with Crippen molar-refractivity contribution in [3.8, 4) is 0 Å². The van der Waals surface area contributed by atoms with Crippen LogP contribution in [0.5, 0.6) is 0 Å². The fourth-order valence-electron chi connectivity index (χ4n) is 1.49. The predicted octanol–water partition coefficient (Wildman–Crippen LogP) is 0.485. The van der Waals surface area contributed by atoms with Gasteiger partial charge in [-0.3, -0.25) is 0 Å². The van der Waals surface area contributed by atoms with Crippen LogP contribution in [0, 0.1) is 0 Å². The van der Waals surface area contributed by atoms with Gasteiger partial charge < -0.3 is 19.5 Å². The second-order valence-corrected chi connectivity index (χ2v) is 3.45. The summed E-state index contributed by atoms with van der Waals surface area (Å²) in [6, 6.07) is 0. The number of rotatable bonds is 5. The van der Waals surface area contributed by atoms with Crippen LogP contribution in [0.2, 0.25) is 0 Å². The van der Waals surface area contributed by atoms with Gasteiger partial charge in [0.25, 0.3) is 0 Å². The molecule has 90 valence electrons. The molecule has 6 nitrogen and oxygen atoms in total. The number of aliphatic carboxylic acids is 1. The lowest BCUT2D eigenvalue weighted by molar-refractivity contribution is -0.186. The highest BCUT2D eigenvalue weighted by Gasteiger charge is 2.53. The maximum absolute atomic E-state index is 11.3. The molecule has 0 saturated carbocycles. The number of carbonyl (C=O) groups is 2. The molecule has 1 heterocycles. The van der Waals surface area contributed by atoms with Gasteiger partial charge >= 0.3 is 12.1 Å². The third kappa shape index (κ3) is 2.33. The molecule has 0 aromatic rings. The first kappa shape index (κ1) is 12.5. The Labute approximate surface area is 93.4 Å². The zero-order valence-electron chi connectivity index (χ0n) is 9.14. The van der Waals surface area contributed by atoms with Crippen LogP contribution in [-0.4, -0.2) is 54.0 Å². The maximum atomic E-state index is 11.3.